The van der Waals surface area contributed by atoms with Gasteiger partial charge in [-0.15, -0.1) is 0 Å². The molecule has 0 fully saturated rings. The van der Waals surface area contributed by atoms with Crippen molar-refractivity contribution in [3.05, 3.63) is 0 Å². The maximum atomic E-state index is 12.3. The van der Waals surface area contributed by atoms with Crippen molar-refractivity contribution in [2.45, 2.75) is 136 Å². The van der Waals surface area contributed by atoms with Gasteiger partial charge in [0.05, 0.1) is 0 Å². The van der Waals surface area contributed by atoms with Crippen LogP contribution in [0.25, 0.3) is 0 Å². The molecule has 0 aromatic carbocycles. The summed E-state index contributed by atoms with van der Waals surface area (Å²) in [5.41, 5.74) is 0. The summed E-state index contributed by atoms with van der Waals surface area (Å²) >= 11 is 0. The number of unbranched alkanes of at least 4 members (excludes halogenated alkanes) is 15. The molecule has 0 aliphatic heterocycles. The molecule has 0 aliphatic carbocycles. The molecule has 0 amide bonds. The van der Waals surface area contributed by atoms with E-state index in [9.17, 15) is 4.57 Å². The Morgan fingerprint density at radius 2 is 0.704 bits per heavy atom. The molecule has 0 radical (unpaired) electrons. The quantitative estimate of drug-likeness (QED) is 0.126. The number of rotatable bonds is 22. The normalized spacial score (nSPS) is 12.7. The summed E-state index contributed by atoms with van der Waals surface area (Å²) in [6, 6.07) is 0. The van der Waals surface area contributed by atoms with Crippen molar-refractivity contribution < 1.29 is 4.57 Å². The van der Waals surface area contributed by atoms with Crippen molar-refractivity contribution in [2.75, 3.05) is 18.5 Å². The van der Waals surface area contributed by atoms with Crippen molar-refractivity contribution in [2.24, 2.45) is 0 Å². The summed E-state index contributed by atoms with van der Waals surface area (Å²) in [5.74, 6) is 0. The molecule has 1 nitrogen and oxygen atoms in total. The molecule has 0 aliphatic rings. The zero-order valence-corrected chi connectivity index (χ0v) is 21.1. The van der Waals surface area contributed by atoms with Crippen LogP contribution in [0.1, 0.15) is 136 Å². The van der Waals surface area contributed by atoms with Crippen LogP contribution in [0.2, 0.25) is 0 Å². The second-order valence-corrected chi connectivity index (χ2v) is 16.4. The van der Waals surface area contributed by atoms with Crippen molar-refractivity contribution >= 4 is 15.1 Å². The van der Waals surface area contributed by atoms with Gasteiger partial charge in [-0.25, -0.2) is 0 Å². The molecule has 0 heterocycles. The third kappa shape index (κ3) is 17.1. The van der Waals surface area contributed by atoms with E-state index in [1.165, 1.54) is 134 Å². The van der Waals surface area contributed by atoms with Gasteiger partial charge in [0.15, 0.2) is 0 Å². The van der Waals surface area contributed by atoms with Gasteiger partial charge in [0.25, 0.3) is 0 Å². The third-order valence-corrected chi connectivity index (χ3v) is 13.6. The molecule has 0 saturated carbocycles. The van der Waals surface area contributed by atoms with E-state index in [0.29, 0.717) is 8.15 Å². The van der Waals surface area contributed by atoms with E-state index in [0.717, 1.165) is 0 Å². The zero-order valence-electron chi connectivity index (χ0n) is 19.2. The molecule has 0 N–H and O–H groups in total. The van der Waals surface area contributed by atoms with E-state index in [-0.39, 0.29) is 0 Å². The van der Waals surface area contributed by atoms with E-state index in [1.54, 1.807) is 0 Å². The molecule has 0 spiro atoms. The van der Waals surface area contributed by atoms with Gasteiger partial charge in [-0.3, -0.25) is 0 Å². The Morgan fingerprint density at radius 1 is 0.444 bits per heavy atom. The summed E-state index contributed by atoms with van der Waals surface area (Å²) < 4.78 is 12.3. The zero-order chi connectivity index (χ0) is 20.1. The molecule has 0 aromatic heterocycles. The minimum atomic E-state index is -1.56. The molecule has 0 unspecified atom stereocenters. The summed E-state index contributed by atoms with van der Waals surface area (Å²) in [4.78, 5) is 0. The molecule has 0 rings (SSSR count). The maximum absolute atomic E-state index is 12.3. The predicted octanol–water partition coefficient (Wildman–Crippen LogP) is 10.0. The first-order valence-corrected chi connectivity index (χ1v) is 16.9. The fraction of sp³-hybridized carbons (Fsp3) is 1.00. The van der Waals surface area contributed by atoms with Gasteiger partial charge in [-0.05, 0) is 0 Å². The van der Waals surface area contributed by atoms with Crippen LogP contribution in [0.15, 0.2) is 0 Å². The van der Waals surface area contributed by atoms with Crippen LogP contribution >= 0.6 is 15.1 Å². The van der Waals surface area contributed by atoms with Crippen molar-refractivity contribution in [1.82, 2.24) is 0 Å². The molecule has 0 bridgehead atoms. The Kier molecular flexibility index (Phi) is 21.7. The fourth-order valence-corrected chi connectivity index (χ4v) is 10.2. The van der Waals surface area contributed by atoms with Crippen LogP contribution in [-0.4, -0.2) is 18.5 Å². The minimum absolute atomic E-state index is 0.578. The average Bonchev–Trinajstić information content (AvgIpc) is 2.69. The Labute approximate surface area is 174 Å². The summed E-state index contributed by atoms with van der Waals surface area (Å²) in [5, 5.41) is 0. The van der Waals surface area contributed by atoms with Crippen LogP contribution in [0.5, 0.6) is 0 Å². The number of hydrogen-bond donors (Lipinski definition) is 0. The van der Waals surface area contributed by atoms with E-state index < -0.39 is 6.95 Å². The summed E-state index contributed by atoms with van der Waals surface area (Å²) in [6.45, 7) is 5.30. The molecule has 0 atom stereocenters. The average molecular weight is 419 g/mol. The first-order chi connectivity index (χ1) is 13.2. The monoisotopic (exact) mass is 418 g/mol. The molecule has 0 saturated heterocycles. The Hall–Kier alpha value is 0.530. The van der Waals surface area contributed by atoms with Crippen LogP contribution in [-0.2, 0) is 4.57 Å². The Bertz CT molecular complexity index is 266. The second kappa shape index (κ2) is 21.2. The Balaban J connectivity index is 4.25. The van der Waals surface area contributed by atoms with Gasteiger partial charge in [0.1, 0.15) is 0 Å². The molecule has 164 valence electrons. The van der Waals surface area contributed by atoms with E-state index in [2.05, 4.69) is 20.8 Å². The van der Waals surface area contributed by atoms with Gasteiger partial charge < -0.3 is 0 Å². The van der Waals surface area contributed by atoms with Crippen LogP contribution < -0.4 is 0 Å². The predicted molar refractivity (Wildman–Crippen MR) is 131 cm³/mol. The second-order valence-electron chi connectivity index (χ2n) is 8.87. The first kappa shape index (κ1) is 27.5. The summed E-state index contributed by atoms with van der Waals surface area (Å²) in [6.07, 6.45) is 28.6. The van der Waals surface area contributed by atoms with Crippen LogP contribution in [0, 0.1) is 0 Å². The number of hydrogen-bond acceptors (Lipinski definition) is 1. The van der Waals surface area contributed by atoms with Gasteiger partial charge in [0, 0.05) is 0 Å². The summed E-state index contributed by atoms with van der Waals surface area (Å²) in [7, 11) is 0.578. The van der Waals surface area contributed by atoms with Crippen molar-refractivity contribution in [1.29, 1.82) is 0 Å². The molecule has 3 heteroatoms. The molecular weight excluding hydrogens is 366 g/mol. The fourth-order valence-electron chi connectivity index (χ4n) is 4.22. The van der Waals surface area contributed by atoms with Gasteiger partial charge in [-0.1, -0.05) is 0 Å². The van der Waals surface area contributed by atoms with Crippen LogP contribution in [0.3, 0.4) is 0 Å². The molecular formula is C24H52OP2. The Morgan fingerprint density at radius 3 is 0.963 bits per heavy atom. The molecule has 27 heavy (non-hydrogen) atoms. The molecule has 0 aromatic rings. The van der Waals surface area contributed by atoms with Gasteiger partial charge in [0.2, 0.25) is 0 Å². The van der Waals surface area contributed by atoms with E-state index in [4.69, 9.17) is 0 Å². The van der Waals surface area contributed by atoms with Crippen molar-refractivity contribution in [3.63, 3.8) is 0 Å². The van der Waals surface area contributed by atoms with E-state index in [1.807, 2.05) is 0 Å². The van der Waals surface area contributed by atoms with Crippen LogP contribution in [0.4, 0.5) is 0 Å². The topological polar surface area (TPSA) is 17.1 Å². The van der Waals surface area contributed by atoms with Crippen molar-refractivity contribution in [3.8, 4) is 0 Å². The third-order valence-electron chi connectivity index (χ3n) is 6.18. The van der Waals surface area contributed by atoms with Gasteiger partial charge >= 0.3 is 174 Å². The van der Waals surface area contributed by atoms with E-state index >= 15 is 0 Å². The van der Waals surface area contributed by atoms with Gasteiger partial charge in [-0.2, -0.15) is 0 Å². The first-order valence-electron chi connectivity index (χ1n) is 12.6. The SMILES string of the molecule is CCCCCCCC[PH](CCCCCCCC)(CCCCCCCC)P=O. The standard InChI is InChI=1S/C24H52OP2/c1-4-7-10-13-16-19-22-27(26-25,23-20-17-14-11-8-5-2)24-21-18-15-12-9-6-3/h27H,4-24H2,1-3H3.